The summed E-state index contributed by atoms with van der Waals surface area (Å²) in [5.41, 5.74) is 8.22. The monoisotopic (exact) mass is 788 g/mol. The highest BCUT2D eigenvalue weighted by atomic mass is 19.2. The summed E-state index contributed by atoms with van der Waals surface area (Å²) in [4.78, 5) is 40.4. The number of nitrogens with one attached hydrogen (secondary N) is 2. The van der Waals surface area contributed by atoms with Gasteiger partial charge >= 0.3 is 11.9 Å². The van der Waals surface area contributed by atoms with Crippen LogP contribution in [0.5, 0.6) is 11.5 Å². The van der Waals surface area contributed by atoms with Gasteiger partial charge in [0.2, 0.25) is 40.7 Å². The Balaban J connectivity index is 1.68. The summed E-state index contributed by atoms with van der Waals surface area (Å²) >= 11 is 0. The van der Waals surface area contributed by atoms with Crippen LogP contribution < -0.4 is 25.8 Å². The van der Waals surface area contributed by atoms with Gasteiger partial charge in [0.15, 0.2) is 0 Å². The van der Waals surface area contributed by atoms with Crippen molar-refractivity contribution in [1.82, 2.24) is 15.5 Å². The highest BCUT2D eigenvalue weighted by Gasteiger charge is 2.33. The third-order valence-corrected chi connectivity index (χ3v) is 9.07. The first-order chi connectivity index (χ1) is 26.7. The van der Waals surface area contributed by atoms with Gasteiger partial charge in [-0.15, -0.1) is 0 Å². The Labute approximate surface area is 319 Å². The molecule has 0 heterocycles. The molecule has 300 valence electrons. The third-order valence-electron chi connectivity index (χ3n) is 9.07. The van der Waals surface area contributed by atoms with Gasteiger partial charge in [0, 0.05) is 19.9 Å². The number of carbonyl (C=O) groups is 3. The van der Waals surface area contributed by atoms with Crippen molar-refractivity contribution in [3.05, 3.63) is 118 Å². The van der Waals surface area contributed by atoms with E-state index >= 15 is 4.39 Å². The lowest BCUT2D eigenvalue weighted by Crippen LogP contribution is -2.50. The molecule has 16 heteroatoms. The van der Waals surface area contributed by atoms with E-state index in [1.165, 1.54) is 32.3 Å². The minimum Gasteiger partial charge on any atom is -0.489 e. The number of likely N-dealkylation sites (N-methyl/N-ethyl adjacent to an activating group) is 2. The van der Waals surface area contributed by atoms with Crippen molar-refractivity contribution in [1.29, 1.82) is 0 Å². The molecule has 0 aliphatic carbocycles. The normalized spacial score (nSPS) is 12.8. The Hall–Kier alpha value is -5.45. The predicted molar refractivity (Wildman–Crippen MR) is 194 cm³/mol. The number of benzene rings is 4. The van der Waals surface area contributed by atoms with Gasteiger partial charge in [0.25, 0.3) is 0 Å². The van der Waals surface area contributed by atoms with E-state index in [4.69, 9.17) is 19.9 Å². The van der Waals surface area contributed by atoms with Crippen LogP contribution in [0.25, 0.3) is 11.1 Å². The molecule has 1 amide bonds. The van der Waals surface area contributed by atoms with Crippen molar-refractivity contribution in [2.75, 3.05) is 34.8 Å². The molecule has 0 bridgehead atoms. The molecule has 0 saturated carbocycles. The number of nitrogens with two attached hydrogens (primary N) is 1. The first-order valence-corrected chi connectivity index (χ1v) is 17.5. The van der Waals surface area contributed by atoms with Gasteiger partial charge in [-0.2, -0.15) is 8.78 Å². The summed E-state index contributed by atoms with van der Waals surface area (Å²) in [6.07, 6.45) is 0.409. The second-order valence-corrected chi connectivity index (χ2v) is 12.8. The summed E-state index contributed by atoms with van der Waals surface area (Å²) in [6, 6.07) is 14.5. The van der Waals surface area contributed by atoms with Crippen LogP contribution in [0.2, 0.25) is 0 Å². The highest BCUT2D eigenvalue weighted by Crippen LogP contribution is 2.32. The lowest BCUT2D eigenvalue weighted by molar-refractivity contribution is -0.152. The van der Waals surface area contributed by atoms with Gasteiger partial charge in [0.05, 0.1) is 13.2 Å². The zero-order chi connectivity index (χ0) is 41.1. The molecule has 3 atom stereocenters. The fraction of sp³-hybridized carbons (Fsp3) is 0.325. The number of carbonyl (C=O) groups excluding carboxylic acids is 3. The standard InChI is InChI=1S/C40H42F6N4O6/c1-48-16-8-11-28(47)38(51)50(3)30(40(53)54-4)20-25-17-23(12-14-27(25)41)24-13-15-31(55-21-22-9-6-5-7-10-22)26(18-24)19-29(49-2)39(52)56-37-35(45)33(43)32(42)34(44)36(37)46/h5-7,9-10,12-15,17-18,28-30,48-49H,8,11,16,19-21,47H2,1-4H3/t28-,29-,30-/m0/s1. The minimum atomic E-state index is -2.41. The number of amides is 1. The zero-order valence-electron chi connectivity index (χ0n) is 31.1. The molecule has 0 spiro atoms. The van der Waals surface area contributed by atoms with E-state index in [1.54, 1.807) is 37.4 Å². The van der Waals surface area contributed by atoms with Crippen molar-refractivity contribution in [2.24, 2.45) is 5.73 Å². The molecule has 0 aliphatic rings. The molecule has 0 radical (unpaired) electrons. The van der Waals surface area contributed by atoms with Gasteiger partial charge < -0.3 is 35.5 Å². The van der Waals surface area contributed by atoms with Gasteiger partial charge in [-0.1, -0.05) is 42.5 Å². The molecule has 56 heavy (non-hydrogen) atoms. The SMILES string of the molecule is CNCCC[C@H](N)C(=O)N(C)[C@@H](Cc1cc(-c2ccc(OCc3ccccc3)c(C[C@H](NC)C(=O)Oc3c(F)c(F)c(F)c(F)c3F)c2)ccc1F)C(=O)OC. The molecule has 0 fully saturated rings. The number of esters is 2. The lowest BCUT2D eigenvalue weighted by atomic mass is 9.95. The van der Waals surface area contributed by atoms with E-state index in [1.807, 2.05) is 18.2 Å². The molecular formula is C40H42F6N4O6. The predicted octanol–water partition coefficient (Wildman–Crippen LogP) is 5.37. The third kappa shape index (κ3) is 10.4. The number of ether oxygens (including phenoxy) is 3. The highest BCUT2D eigenvalue weighted by molar-refractivity contribution is 5.87. The fourth-order valence-electron chi connectivity index (χ4n) is 5.83. The summed E-state index contributed by atoms with van der Waals surface area (Å²) in [5, 5.41) is 5.60. The van der Waals surface area contributed by atoms with E-state index in [-0.39, 0.29) is 30.8 Å². The maximum absolute atomic E-state index is 15.4. The molecular weight excluding hydrogens is 746 g/mol. The topological polar surface area (TPSA) is 132 Å². The summed E-state index contributed by atoms with van der Waals surface area (Å²) < 4.78 is 101. The van der Waals surface area contributed by atoms with Crippen LogP contribution >= 0.6 is 0 Å². The van der Waals surface area contributed by atoms with E-state index < -0.39 is 76.6 Å². The van der Waals surface area contributed by atoms with Gasteiger partial charge in [-0.3, -0.25) is 4.79 Å². The van der Waals surface area contributed by atoms with Crippen LogP contribution in [0, 0.1) is 34.9 Å². The van der Waals surface area contributed by atoms with Crippen LogP contribution in [0.15, 0.2) is 66.7 Å². The second kappa shape index (κ2) is 19.9. The van der Waals surface area contributed by atoms with Crippen LogP contribution in [0.3, 0.4) is 0 Å². The first kappa shape index (κ1) is 43.3. The number of hydrogen-bond acceptors (Lipinski definition) is 9. The summed E-state index contributed by atoms with van der Waals surface area (Å²) in [7, 11) is 5.62. The summed E-state index contributed by atoms with van der Waals surface area (Å²) in [5.74, 6) is -16.4. The second-order valence-electron chi connectivity index (χ2n) is 12.8. The Kier molecular flexibility index (Phi) is 15.4. The maximum atomic E-state index is 15.4. The van der Waals surface area contributed by atoms with Crippen molar-refractivity contribution >= 4 is 17.8 Å². The van der Waals surface area contributed by atoms with Crippen LogP contribution in [-0.2, 0) is 38.6 Å². The van der Waals surface area contributed by atoms with Crippen LogP contribution in [0.4, 0.5) is 26.3 Å². The van der Waals surface area contributed by atoms with Crippen molar-refractivity contribution < 1.29 is 54.9 Å². The van der Waals surface area contributed by atoms with Crippen LogP contribution in [0.1, 0.15) is 29.5 Å². The van der Waals surface area contributed by atoms with Gasteiger partial charge in [-0.05, 0) is 85.6 Å². The summed E-state index contributed by atoms with van der Waals surface area (Å²) in [6.45, 7) is 0.719. The Morgan fingerprint density at radius 2 is 1.39 bits per heavy atom. The molecule has 0 unspecified atom stereocenters. The molecule has 0 aliphatic heterocycles. The Morgan fingerprint density at radius 1 is 0.786 bits per heavy atom. The molecule has 4 aromatic rings. The number of halogens is 6. The lowest BCUT2D eigenvalue weighted by Gasteiger charge is -2.28. The quantitative estimate of drug-likeness (QED) is 0.0304. The van der Waals surface area contributed by atoms with E-state index in [0.29, 0.717) is 36.1 Å². The zero-order valence-corrected chi connectivity index (χ0v) is 31.1. The molecule has 4 aromatic carbocycles. The van der Waals surface area contributed by atoms with Crippen molar-refractivity contribution in [3.8, 4) is 22.6 Å². The number of rotatable bonds is 18. The Bertz CT molecular complexity index is 1990. The van der Waals surface area contributed by atoms with Crippen LogP contribution in [-0.4, -0.2) is 75.7 Å². The largest absolute Gasteiger partial charge is 0.489 e. The van der Waals surface area contributed by atoms with Gasteiger partial charge in [0.1, 0.15) is 30.3 Å². The van der Waals surface area contributed by atoms with E-state index in [0.717, 1.165) is 17.6 Å². The average molecular weight is 789 g/mol. The number of nitrogens with zero attached hydrogens (tertiary/aromatic N) is 1. The first-order valence-electron chi connectivity index (χ1n) is 17.5. The molecule has 10 nitrogen and oxygen atoms in total. The Morgan fingerprint density at radius 3 is 2.00 bits per heavy atom. The molecule has 0 saturated heterocycles. The molecule has 4 rings (SSSR count). The van der Waals surface area contributed by atoms with E-state index in [2.05, 4.69) is 10.6 Å². The number of hydrogen-bond donors (Lipinski definition) is 3. The van der Waals surface area contributed by atoms with Crippen molar-refractivity contribution in [2.45, 2.75) is 50.4 Å². The van der Waals surface area contributed by atoms with Crippen molar-refractivity contribution in [3.63, 3.8) is 0 Å². The fourth-order valence-corrected chi connectivity index (χ4v) is 5.83. The van der Waals surface area contributed by atoms with E-state index in [9.17, 15) is 36.3 Å². The number of methoxy groups -OCH3 is 1. The smallest absolute Gasteiger partial charge is 0.329 e. The maximum Gasteiger partial charge on any atom is 0.329 e. The minimum absolute atomic E-state index is 0.0618. The molecule has 4 N–H and O–H groups in total. The molecule has 0 aromatic heterocycles. The van der Waals surface area contributed by atoms with Gasteiger partial charge in [-0.25, -0.2) is 27.2 Å². The average Bonchev–Trinajstić information content (AvgIpc) is 3.21.